The normalized spacial score (nSPS) is 21.1. The molecule has 6 nitrogen and oxygen atoms in total. The van der Waals surface area contributed by atoms with Crippen molar-refractivity contribution in [3.8, 4) is 0 Å². The first kappa shape index (κ1) is 22.4. The molecule has 0 amide bonds. The maximum Gasteiger partial charge on any atom is 0.303 e. The molecule has 0 spiro atoms. The number of aliphatic carboxylic acids is 1. The summed E-state index contributed by atoms with van der Waals surface area (Å²) in [5, 5.41) is 29.9. The Labute approximate surface area is 156 Å². The number of aliphatic hydroxyl groups excluding tert-OH is 1. The second-order valence-corrected chi connectivity index (χ2v) is 7.19. The predicted molar refractivity (Wildman–Crippen MR) is 101 cm³/mol. The minimum Gasteiger partial charge on any atom is -0.481 e. The highest BCUT2D eigenvalue weighted by molar-refractivity contribution is 5.66. The average molecular weight is 367 g/mol. The summed E-state index contributed by atoms with van der Waals surface area (Å²) in [7, 11) is 0. The van der Waals surface area contributed by atoms with Gasteiger partial charge in [0, 0.05) is 6.42 Å². The smallest absolute Gasteiger partial charge is 0.303 e. The van der Waals surface area contributed by atoms with Crippen LogP contribution in [0.3, 0.4) is 0 Å². The van der Waals surface area contributed by atoms with Crippen LogP contribution in [-0.4, -0.2) is 27.2 Å². The molecule has 0 unspecified atom stereocenters. The lowest BCUT2D eigenvalue weighted by atomic mass is 9.88. The number of allylic oxidation sites excluding steroid dienone is 3. The highest BCUT2D eigenvalue weighted by atomic mass is 16.6. The van der Waals surface area contributed by atoms with E-state index in [4.69, 9.17) is 5.11 Å². The van der Waals surface area contributed by atoms with Gasteiger partial charge in [-0.15, -0.1) is 0 Å². The fourth-order valence-electron chi connectivity index (χ4n) is 3.54. The molecule has 0 fully saturated rings. The molecular formula is C20H33NO5. The first-order chi connectivity index (χ1) is 12.5. The lowest BCUT2D eigenvalue weighted by Gasteiger charge is -2.16. The van der Waals surface area contributed by atoms with Crippen molar-refractivity contribution in [3.63, 3.8) is 0 Å². The SMILES string of the molecule is CCCCC[C@H](O)C=C[C@H]1CC=C([N+](=O)[O-])[C@@H]1CCCCCCC(=O)O. The van der Waals surface area contributed by atoms with Crippen LogP contribution < -0.4 is 0 Å². The molecule has 0 aromatic heterocycles. The third-order valence-corrected chi connectivity index (χ3v) is 5.05. The van der Waals surface area contributed by atoms with Crippen molar-refractivity contribution in [2.75, 3.05) is 0 Å². The second-order valence-electron chi connectivity index (χ2n) is 7.19. The largest absolute Gasteiger partial charge is 0.481 e. The van der Waals surface area contributed by atoms with Crippen molar-refractivity contribution >= 4 is 5.97 Å². The van der Waals surface area contributed by atoms with E-state index < -0.39 is 12.1 Å². The first-order valence-electron chi connectivity index (χ1n) is 9.88. The summed E-state index contributed by atoms with van der Waals surface area (Å²) >= 11 is 0. The Morgan fingerprint density at radius 2 is 2.04 bits per heavy atom. The number of aliphatic hydroxyl groups is 1. The standard InChI is InChI=1S/C20H33NO5/c1-2-3-6-9-17(22)14-12-16-13-15-19(21(25)26)18(16)10-7-4-5-8-11-20(23)24/h12,14-18,22H,2-11,13H2,1H3,(H,23,24)/t16-,17-,18+/m0/s1. The van der Waals surface area contributed by atoms with E-state index in [-0.39, 0.29) is 23.2 Å². The number of hydrogen-bond acceptors (Lipinski definition) is 4. The van der Waals surface area contributed by atoms with Gasteiger partial charge in [0.25, 0.3) is 0 Å². The fourth-order valence-corrected chi connectivity index (χ4v) is 3.54. The van der Waals surface area contributed by atoms with Gasteiger partial charge in [0.1, 0.15) is 0 Å². The third kappa shape index (κ3) is 8.61. The summed E-state index contributed by atoms with van der Waals surface area (Å²) in [6.45, 7) is 2.12. The number of rotatable bonds is 14. The van der Waals surface area contributed by atoms with Gasteiger partial charge in [-0.1, -0.05) is 57.6 Å². The number of unbranched alkanes of at least 4 members (excludes halogenated alkanes) is 5. The van der Waals surface area contributed by atoms with Crippen molar-refractivity contribution in [1.29, 1.82) is 0 Å². The maximum absolute atomic E-state index is 11.3. The van der Waals surface area contributed by atoms with E-state index in [2.05, 4.69) is 6.92 Å². The van der Waals surface area contributed by atoms with Crippen molar-refractivity contribution in [1.82, 2.24) is 0 Å². The Kier molecular flexibility index (Phi) is 10.9. The summed E-state index contributed by atoms with van der Waals surface area (Å²) in [6, 6.07) is 0. The molecule has 26 heavy (non-hydrogen) atoms. The molecule has 2 N–H and O–H groups in total. The van der Waals surface area contributed by atoms with Gasteiger partial charge in [0.05, 0.1) is 16.9 Å². The molecule has 0 radical (unpaired) electrons. The minimum atomic E-state index is -0.776. The minimum absolute atomic E-state index is 0.0789. The van der Waals surface area contributed by atoms with Gasteiger partial charge >= 0.3 is 5.97 Å². The fraction of sp³-hybridized carbons (Fsp3) is 0.750. The van der Waals surface area contributed by atoms with Crippen LogP contribution in [0.5, 0.6) is 0 Å². The van der Waals surface area contributed by atoms with Gasteiger partial charge < -0.3 is 10.2 Å². The number of hydrogen-bond donors (Lipinski definition) is 2. The zero-order chi connectivity index (χ0) is 19.4. The van der Waals surface area contributed by atoms with E-state index in [1.54, 1.807) is 12.2 Å². The first-order valence-corrected chi connectivity index (χ1v) is 9.88. The average Bonchev–Trinajstić information content (AvgIpc) is 2.99. The topological polar surface area (TPSA) is 101 Å². The van der Waals surface area contributed by atoms with Gasteiger partial charge in [-0.25, -0.2) is 0 Å². The zero-order valence-corrected chi connectivity index (χ0v) is 15.8. The van der Waals surface area contributed by atoms with E-state index in [1.165, 1.54) is 0 Å². The monoisotopic (exact) mass is 367 g/mol. The molecule has 0 saturated carbocycles. The van der Waals surface area contributed by atoms with Crippen LogP contribution in [0.25, 0.3) is 0 Å². The highest BCUT2D eigenvalue weighted by Crippen LogP contribution is 2.37. The van der Waals surface area contributed by atoms with Crippen LogP contribution in [0.2, 0.25) is 0 Å². The highest BCUT2D eigenvalue weighted by Gasteiger charge is 2.35. The van der Waals surface area contributed by atoms with E-state index >= 15 is 0 Å². The van der Waals surface area contributed by atoms with E-state index in [9.17, 15) is 20.0 Å². The molecule has 6 heteroatoms. The molecule has 0 aromatic rings. The Hall–Kier alpha value is -1.69. The zero-order valence-electron chi connectivity index (χ0n) is 15.8. The van der Waals surface area contributed by atoms with Crippen LogP contribution >= 0.6 is 0 Å². The van der Waals surface area contributed by atoms with Gasteiger partial charge in [-0.2, -0.15) is 0 Å². The Morgan fingerprint density at radius 3 is 2.69 bits per heavy atom. The molecule has 1 aliphatic rings. The lowest BCUT2D eigenvalue weighted by molar-refractivity contribution is -0.433. The van der Waals surface area contributed by atoms with Crippen LogP contribution in [0.15, 0.2) is 23.9 Å². The Morgan fingerprint density at radius 1 is 1.31 bits per heavy atom. The van der Waals surface area contributed by atoms with Crippen molar-refractivity contribution in [2.24, 2.45) is 11.8 Å². The second kappa shape index (κ2) is 12.6. The molecular weight excluding hydrogens is 334 g/mol. The van der Waals surface area contributed by atoms with E-state index in [0.717, 1.165) is 51.4 Å². The van der Waals surface area contributed by atoms with Gasteiger partial charge in [0.15, 0.2) is 0 Å². The van der Waals surface area contributed by atoms with E-state index in [1.807, 2.05) is 6.08 Å². The number of nitro groups is 1. The number of carbonyl (C=O) groups is 1. The summed E-state index contributed by atoms with van der Waals surface area (Å²) in [5.74, 6) is -0.805. The van der Waals surface area contributed by atoms with Crippen LogP contribution in [-0.2, 0) is 4.79 Å². The van der Waals surface area contributed by atoms with Crippen LogP contribution in [0, 0.1) is 22.0 Å². The molecule has 0 saturated heterocycles. The van der Waals surface area contributed by atoms with Gasteiger partial charge in [-0.05, 0) is 37.7 Å². The number of nitrogens with zero attached hydrogens (tertiary/aromatic N) is 1. The number of carboxylic acid groups (broad SMARTS) is 1. The summed E-state index contributed by atoms with van der Waals surface area (Å²) in [4.78, 5) is 21.5. The maximum atomic E-state index is 11.3. The van der Waals surface area contributed by atoms with Crippen molar-refractivity contribution in [3.05, 3.63) is 34.0 Å². The molecule has 0 heterocycles. The molecule has 0 aromatic carbocycles. The Bertz CT molecular complexity index is 500. The molecule has 1 rings (SSSR count). The lowest BCUT2D eigenvalue weighted by Crippen LogP contribution is -2.15. The molecule has 3 atom stereocenters. The summed E-state index contributed by atoms with van der Waals surface area (Å²) in [5.41, 5.74) is 0.297. The summed E-state index contributed by atoms with van der Waals surface area (Å²) < 4.78 is 0. The molecule has 1 aliphatic carbocycles. The molecule has 0 aliphatic heterocycles. The van der Waals surface area contributed by atoms with Crippen LogP contribution in [0.4, 0.5) is 0 Å². The summed E-state index contributed by atoms with van der Waals surface area (Å²) in [6.07, 6.45) is 13.8. The van der Waals surface area contributed by atoms with Crippen molar-refractivity contribution in [2.45, 2.75) is 83.7 Å². The quantitative estimate of drug-likeness (QED) is 0.200. The van der Waals surface area contributed by atoms with Crippen molar-refractivity contribution < 1.29 is 19.9 Å². The number of carboxylic acids is 1. The Balaban J connectivity index is 2.46. The van der Waals surface area contributed by atoms with Crippen LogP contribution in [0.1, 0.15) is 77.6 Å². The van der Waals surface area contributed by atoms with Gasteiger partial charge in [-0.3, -0.25) is 14.9 Å². The third-order valence-electron chi connectivity index (χ3n) is 5.05. The van der Waals surface area contributed by atoms with E-state index in [0.29, 0.717) is 18.5 Å². The predicted octanol–water partition coefficient (Wildman–Crippen LogP) is 4.71. The molecule has 148 valence electrons. The molecule has 0 bridgehead atoms. The van der Waals surface area contributed by atoms with Gasteiger partial charge in [0.2, 0.25) is 5.70 Å².